The SMILES string of the molecule is COc1[c-]cc2c(c1)Oc1c(c[c-]c(O)c1C)C21OC(=O)c2ccccc21.[Rb+].[Re]. The second kappa shape index (κ2) is 8.26. The van der Waals surface area contributed by atoms with Crippen LogP contribution in [0, 0.1) is 19.1 Å². The topological polar surface area (TPSA) is 65.0 Å². The summed E-state index contributed by atoms with van der Waals surface area (Å²) in [4.78, 5) is 12.7. The number of rotatable bonds is 1. The van der Waals surface area contributed by atoms with Gasteiger partial charge in [0, 0.05) is 43.4 Å². The number of hydrogen-bond acceptors (Lipinski definition) is 5. The van der Waals surface area contributed by atoms with E-state index >= 15 is 0 Å². The zero-order chi connectivity index (χ0) is 18.8. The van der Waals surface area contributed by atoms with Crippen molar-refractivity contribution < 1.29 is 103 Å². The summed E-state index contributed by atoms with van der Waals surface area (Å²) in [6.07, 6.45) is 0. The summed E-state index contributed by atoms with van der Waals surface area (Å²) >= 11 is 0. The summed E-state index contributed by atoms with van der Waals surface area (Å²) in [6.45, 7) is 1.73. The van der Waals surface area contributed by atoms with Gasteiger partial charge in [0.2, 0.25) is 0 Å². The zero-order valence-electron chi connectivity index (χ0n) is 16.0. The van der Waals surface area contributed by atoms with Gasteiger partial charge in [-0.1, -0.05) is 47.9 Å². The number of methoxy groups -OCH3 is 1. The number of fused-ring (bicyclic) bond motifs is 6. The minimum absolute atomic E-state index is 0. The van der Waals surface area contributed by atoms with Crippen LogP contribution in [0.4, 0.5) is 0 Å². The van der Waals surface area contributed by atoms with Gasteiger partial charge in [-0.15, -0.1) is 12.1 Å². The number of hydrogen-bond donors (Lipinski definition) is 1. The molecule has 0 aromatic heterocycles. The van der Waals surface area contributed by atoms with Crippen LogP contribution in [0.25, 0.3) is 0 Å². The average molecular weight is 630 g/mol. The van der Waals surface area contributed by atoms with Crippen LogP contribution in [-0.2, 0) is 30.8 Å². The van der Waals surface area contributed by atoms with Gasteiger partial charge < -0.3 is 19.3 Å². The molecule has 5 nitrogen and oxygen atoms in total. The summed E-state index contributed by atoms with van der Waals surface area (Å²) in [5.74, 6) is 0.993. The van der Waals surface area contributed by atoms with Gasteiger partial charge in [-0.25, -0.2) is 4.79 Å². The molecule has 1 unspecified atom stereocenters. The third kappa shape index (κ3) is 3.17. The van der Waals surface area contributed by atoms with Gasteiger partial charge in [0.25, 0.3) is 0 Å². The number of ether oxygens (including phenoxy) is 3. The van der Waals surface area contributed by atoms with E-state index in [2.05, 4.69) is 12.1 Å². The van der Waals surface area contributed by atoms with E-state index in [0.29, 0.717) is 39.5 Å². The Morgan fingerprint density at radius 2 is 1.83 bits per heavy atom. The number of carbonyl (C=O) groups excluding carboxylic acids is 1. The Bertz CT molecular complexity index is 1130. The molecule has 5 rings (SSSR count). The molecule has 0 bridgehead atoms. The third-order valence-electron chi connectivity index (χ3n) is 5.14. The number of carbonyl (C=O) groups is 1. The fourth-order valence-corrected chi connectivity index (χ4v) is 3.82. The smallest absolute Gasteiger partial charge is 0.534 e. The van der Waals surface area contributed by atoms with E-state index in [-0.39, 0.29) is 84.4 Å². The summed E-state index contributed by atoms with van der Waals surface area (Å²) < 4.78 is 17.4. The molecule has 2 heterocycles. The maximum absolute atomic E-state index is 12.7. The van der Waals surface area contributed by atoms with Crippen LogP contribution in [0.15, 0.2) is 42.5 Å². The molecular formula is C22H14O5RbRe-. The predicted molar refractivity (Wildman–Crippen MR) is 95.3 cm³/mol. The molecule has 1 spiro atoms. The van der Waals surface area contributed by atoms with Crippen LogP contribution in [-0.4, -0.2) is 18.2 Å². The molecule has 0 aliphatic carbocycles. The number of esters is 1. The maximum atomic E-state index is 12.7. The van der Waals surface area contributed by atoms with Crippen molar-refractivity contribution in [1.29, 1.82) is 0 Å². The van der Waals surface area contributed by atoms with E-state index in [4.69, 9.17) is 14.2 Å². The van der Waals surface area contributed by atoms with Crippen LogP contribution in [0.3, 0.4) is 0 Å². The summed E-state index contributed by atoms with van der Waals surface area (Å²) in [7, 11) is 1.54. The molecule has 0 fully saturated rings. The van der Waals surface area contributed by atoms with Crippen molar-refractivity contribution in [1.82, 2.24) is 0 Å². The number of phenolic OH excluding ortho intramolecular Hbond substituents is 1. The molecule has 1 radical (unpaired) electrons. The summed E-state index contributed by atoms with van der Waals surface area (Å²) in [5, 5.41) is 10.1. The second-order valence-electron chi connectivity index (χ2n) is 6.50. The molecule has 0 saturated carbocycles. The number of aromatic hydroxyl groups is 1. The van der Waals surface area contributed by atoms with Crippen molar-refractivity contribution in [2.75, 3.05) is 7.11 Å². The van der Waals surface area contributed by atoms with Crippen molar-refractivity contribution in [3.63, 3.8) is 0 Å². The van der Waals surface area contributed by atoms with Crippen LogP contribution >= 0.6 is 0 Å². The summed E-state index contributed by atoms with van der Waals surface area (Å²) in [6, 6.07) is 18.2. The van der Waals surface area contributed by atoms with Crippen LogP contribution in [0.1, 0.15) is 32.6 Å². The average Bonchev–Trinajstić information content (AvgIpc) is 2.98. The minimum Gasteiger partial charge on any atom is -0.534 e. The van der Waals surface area contributed by atoms with Gasteiger partial charge in [-0.05, 0) is 11.6 Å². The Balaban J connectivity index is 0.00000120. The molecule has 0 saturated heterocycles. The van der Waals surface area contributed by atoms with Crippen LogP contribution < -0.4 is 67.7 Å². The number of benzene rings is 3. The van der Waals surface area contributed by atoms with Crippen molar-refractivity contribution >= 4 is 5.97 Å². The maximum Gasteiger partial charge on any atom is 1.00 e. The standard InChI is InChI=1S/C22H14O5.Rb.Re/c1-12-18(23)10-9-17-20(12)26-19-11-13(25-2)7-8-16(19)22(17)15-6-4-3-5-14(15)21(24)27-22;;/h3-6,8-9,11,23H,1-2H3;;/q-2;+1;. The molecule has 1 N–H and O–H groups in total. The first kappa shape index (κ1) is 22.7. The molecule has 3 aromatic carbocycles. The number of phenols is 1. The molecule has 2 aliphatic heterocycles. The van der Waals surface area contributed by atoms with E-state index < -0.39 is 11.6 Å². The Morgan fingerprint density at radius 1 is 1.10 bits per heavy atom. The quantitative estimate of drug-likeness (QED) is 0.320. The molecule has 0 amide bonds. The second-order valence-corrected chi connectivity index (χ2v) is 6.50. The van der Waals surface area contributed by atoms with Crippen molar-refractivity contribution in [2.45, 2.75) is 12.5 Å². The van der Waals surface area contributed by atoms with Crippen molar-refractivity contribution in [2.24, 2.45) is 0 Å². The summed E-state index contributed by atoms with van der Waals surface area (Å²) in [5.41, 5.74) is 1.81. The van der Waals surface area contributed by atoms with E-state index in [0.717, 1.165) is 5.56 Å². The fourth-order valence-electron chi connectivity index (χ4n) is 3.82. The molecule has 3 aromatic rings. The Morgan fingerprint density at radius 3 is 2.59 bits per heavy atom. The van der Waals surface area contributed by atoms with Gasteiger partial charge in [-0.2, -0.15) is 12.1 Å². The Kier molecular flexibility index (Phi) is 6.46. The molecule has 1 atom stereocenters. The molecule has 29 heavy (non-hydrogen) atoms. The first-order chi connectivity index (χ1) is 13.1. The van der Waals surface area contributed by atoms with Gasteiger partial charge >= 0.3 is 64.2 Å². The molecule has 7 heteroatoms. The molecule has 141 valence electrons. The Hall–Kier alpha value is -1.00. The minimum atomic E-state index is -1.19. The van der Waals surface area contributed by atoms with E-state index in [1.165, 1.54) is 0 Å². The van der Waals surface area contributed by atoms with Crippen molar-refractivity contribution in [3.05, 3.63) is 82.4 Å². The van der Waals surface area contributed by atoms with E-state index in [1.807, 2.05) is 12.1 Å². The normalized spacial score (nSPS) is 17.7. The van der Waals surface area contributed by atoms with Crippen LogP contribution in [0.2, 0.25) is 0 Å². The first-order valence-corrected chi connectivity index (χ1v) is 8.42. The van der Waals surface area contributed by atoms with E-state index in [9.17, 15) is 9.90 Å². The first-order valence-electron chi connectivity index (χ1n) is 8.42. The van der Waals surface area contributed by atoms with Crippen molar-refractivity contribution in [3.8, 4) is 23.0 Å². The molecular weight excluding hydrogens is 616 g/mol. The zero-order valence-corrected chi connectivity index (χ0v) is 23.6. The monoisotopic (exact) mass is 630 g/mol. The van der Waals surface area contributed by atoms with Gasteiger partial charge in [-0.3, -0.25) is 0 Å². The van der Waals surface area contributed by atoms with Crippen LogP contribution in [0.5, 0.6) is 23.0 Å². The largest absolute Gasteiger partial charge is 1.00 e. The van der Waals surface area contributed by atoms with Gasteiger partial charge in [0.1, 0.15) is 5.60 Å². The van der Waals surface area contributed by atoms with Gasteiger partial charge in [0.15, 0.2) is 0 Å². The van der Waals surface area contributed by atoms with E-state index in [1.54, 1.807) is 44.4 Å². The Labute approximate surface area is 230 Å². The predicted octanol–water partition coefficient (Wildman–Crippen LogP) is 0.879. The fraction of sp³-hybridized carbons (Fsp3) is 0.136. The molecule has 2 aliphatic rings. The van der Waals surface area contributed by atoms with Gasteiger partial charge in [0.05, 0.1) is 12.7 Å². The third-order valence-corrected chi connectivity index (χ3v) is 5.14.